The van der Waals surface area contributed by atoms with Crippen LogP contribution in [-0.2, 0) is 9.59 Å². The van der Waals surface area contributed by atoms with E-state index in [9.17, 15) is 9.59 Å². The first-order chi connectivity index (χ1) is 7.65. The van der Waals surface area contributed by atoms with Gasteiger partial charge in [-0.15, -0.1) is 0 Å². The Kier molecular flexibility index (Phi) is 5.25. The Morgan fingerprint density at radius 3 is 2.75 bits per heavy atom. The van der Waals surface area contributed by atoms with E-state index in [1.165, 1.54) is 0 Å². The Labute approximate surface area is 95.6 Å². The number of nitrogens with one attached hydrogen (secondary N) is 2. The van der Waals surface area contributed by atoms with Crippen molar-refractivity contribution in [3.05, 3.63) is 0 Å². The largest absolute Gasteiger partial charge is 0.481 e. The van der Waals surface area contributed by atoms with Gasteiger partial charge in [-0.25, -0.2) is 0 Å². The van der Waals surface area contributed by atoms with Gasteiger partial charge in [0.2, 0.25) is 5.91 Å². The number of carbonyl (C=O) groups is 2. The summed E-state index contributed by atoms with van der Waals surface area (Å²) in [4.78, 5) is 22.4. The Balaban J connectivity index is 2.30. The van der Waals surface area contributed by atoms with Gasteiger partial charge in [-0.3, -0.25) is 9.59 Å². The molecule has 3 N–H and O–H groups in total. The third kappa shape index (κ3) is 3.81. The maximum atomic E-state index is 11.5. The SMILES string of the molecule is CCCNCC(=O)NC1CCCC1C(=O)O. The van der Waals surface area contributed by atoms with E-state index in [4.69, 9.17) is 5.11 Å². The summed E-state index contributed by atoms with van der Waals surface area (Å²) in [5.74, 6) is -1.31. The highest BCUT2D eigenvalue weighted by Gasteiger charge is 2.33. The molecule has 0 spiro atoms. The van der Waals surface area contributed by atoms with Crippen molar-refractivity contribution in [2.45, 2.75) is 38.6 Å². The molecule has 0 radical (unpaired) electrons. The fourth-order valence-electron chi connectivity index (χ4n) is 2.06. The zero-order valence-corrected chi connectivity index (χ0v) is 9.66. The van der Waals surface area contributed by atoms with Crippen molar-refractivity contribution in [1.82, 2.24) is 10.6 Å². The lowest BCUT2D eigenvalue weighted by Gasteiger charge is -2.17. The van der Waals surface area contributed by atoms with Gasteiger partial charge in [0.1, 0.15) is 0 Å². The van der Waals surface area contributed by atoms with E-state index in [-0.39, 0.29) is 18.5 Å². The quantitative estimate of drug-likeness (QED) is 0.573. The summed E-state index contributed by atoms with van der Waals surface area (Å²) in [7, 11) is 0. The second-order valence-electron chi connectivity index (χ2n) is 4.23. The van der Waals surface area contributed by atoms with Gasteiger partial charge in [-0.2, -0.15) is 0 Å². The van der Waals surface area contributed by atoms with Gasteiger partial charge < -0.3 is 15.7 Å². The van der Waals surface area contributed by atoms with Gasteiger partial charge in [0.25, 0.3) is 0 Å². The molecule has 0 aliphatic heterocycles. The zero-order valence-electron chi connectivity index (χ0n) is 9.66. The molecule has 92 valence electrons. The fourth-order valence-corrected chi connectivity index (χ4v) is 2.06. The topological polar surface area (TPSA) is 78.4 Å². The summed E-state index contributed by atoms with van der Waals surface area (Å²) < 4.78 is 0. The first-order valence-electron chi connectivity index (χ1n) is 5.88. The van der Waals surface area contributed by atoms with Gasteiger partial charge in [0.05, 0.1) is 12.5 Å². The molecule has 1 rings (SSSR count). The highest BCUT2D eigenvalue weighted by atomic mass is 16.4. The summed E-state index contributed by atoms with van der Waals surface area (Å²) in [5.41, 5.74) is 0. The number of carbonyl (C=O) groups excluding carboxylic acids is 1. The van der Waals surface area contributed by atoms with E-state index in [0.717, 1.165) is 25.8 Å². The molecule has 1 aliphatic rings. The molecular formula is C11H20N2O3. The lowest BCUT2D eigenvalue weighted by Crippen LogP contribution is -2.44. The zero-order chi connectivity index (χ0) is 12.0. The van der Waals surface area contributed by atoms with Crippen LogP contribution in [0.2, 0.25) is 0 Å². The van der Waals surface area contributed by atoms with Crippen molar-refractivity contribution in [3.8, 4) is 0 Å². The molecule has 0 aromatic rings. The summed E-state index contributed by atoms with van der Waals surface area (Å²) in [6.45, 7) is 3.11. The van der Waals surface area contributed by atoms with E-state index < -0.39 is 11.9 Å². The maximum Gasteiger partial charge on any atom is 0.308 e. The standard InChI is InChI=1S/C11H20N2O3/c1-2-6-12-7-10(14)13-9-5-3-4-8(9)11(15)16/h8-9,12H,2-7H2,1H3,(H,13,14)(H,15,16). The van der Waals surface area contributed by atoms with Crippen LogP contribution in [-0.4, -0.2) is 36.1 Å². The molecule has 0 aromatic carbocycles. The molecule has 1 fully saturated rings. The minimum Gasteiger partial charge on any atom is -0.481 e. The number of carboxylic acid groups (broad SMARTS) is 1. The van der Waals surface area contributed by atoms with Crippen molar-refractivity contribution >= 4 is 11.9 Å². The Hall–Kier alpha value is -1.10. The third-order valence-corrected chi connectivity index (χ3v) is 2.89. The van der Waals surface area contributed by atoms with Crippen molar-refractivity contribution in [2.75, 3.05) is 13.1 Å². The summed E-state index contributed by atoms with van der Waals surface area (Å²) in [6.07, 6.45) is 3.30. The van der Waals surface area contributed by atoms with Crippen LogP contribution in [0, 0.1) is 5.92 Å². The summed E-state index contributed by atoms with van der Waals surface area (Å²) >= 11 is 0. The van der Waals surface area contributed by atoms with Crippen molar-refractivity contribution in [3.63, 3.8) is 0 Å². The second kappa shape index (κ2) is 6.48. The maximum absolute atomic E-state index is 11.5. The molecule has 5 nitrogen and oxygen atoms in total. The predicted octanol–water partition coefficient (Wildman–Crippen LogP) is 0.355. The number of hydrogen-bond acceptors (Lipinski definition) is 3. The smallest absolute Gasteiger partial charge is 0.308 e. The minimum absolute atomic E-state index is 0.105. The molecule has 0 saturated heterocycles. The van der Waals surface area contributed by atoms with Crippen LogP contribution in [0.1, 0.15) is 32.6 Å². The van der Waals surface area contributed by atoms with E-state index in [1.54, 1.807) is 0 Å². The van der Waals surface area contributed by atoms with Crippen LogP contribution in [0.3, 0.4) is 0 Å². The number of amides is 1. The third-order valence-electron chi connectivity index (χ3n) is 2.89. The second-order valence-corrected chi connectivity index (χ2v) is 4.23. The summed E-state index contributed by atoms with van der Waals surface area (Å²) in [6, 6.07) is -0.187. The summed E-state index contributed by atoms with van der Waals surface area (Å²) in [5, 5.41) is 14.7. The highest BCUT2D eigenvalue weighted by Crippen LogP contribution is 2.25. The van der Waals surface area contributed by atoms with Crippen LogP contribution in [0.4, 0.5) is 0 Å². The molecule has 1 saturated carbocycles. The van der Waals surface area contributed by atoms with Crippen molar-refractivity contribution in [2.24, 2.45) is 5.92 Å². The van der Waals surface area contributed by atoms with Crippen LogP contribution in [0.15, 0.2) is 0 Å². The van der Waals surface area contributed by atoms with Gasteiger partial charge >= 0.3 is 5.97 Å². The Morgan fingerprint density at radius 2 is 2.12 bits per heavy atom. The number of carboxylic acids is 1. The molecule has 0 heterocycles. The molecule has 2 unspecified atom stereocenters. The Bertz CT molecular complexity index is 256. The first kappa shape index (κ1) is 13.0. The molecule has 5 heteroatoms. The lowest BCUT2D eigenvalue weighted by atomic mass is 10.0. The van der Waals surface area contributed by atoms with Gasteiger partial charge in [-0.05, 0) is 25.8 Å². The molecule has 0 bridgehead atoms. The average molecular weight is 228 g/mol. The Morgan fingerprint density at radius 1 is 1.38 bits per heavy atom. The first-order valence-corrected chi connectivity index (χ1v) is 5.88. The molecule has 2 atom stereocenters. The molecule has 16 heavy (non-hydrogen) atoms. The van der Waals surface area contributed by atoms with Crippen LogP contribution in [0.5, 0.6) is 0 Å². The average Bonchev–Trinajstić information content (AvgIpc) is 2.66. The number of hydrogen-bond donors (Lipinski definition) is 3. The molecule has 0 aromatic heterocycles. The minimum atomic E-state index is -0.802. The molecular weight excluding hydrogens is 208 g/mol. The lowest BCUT2D eigenvalue weighted by molar-refractivity contribution is -0.142. The van der Waals surface area contributed by atoms with E-state index in [2.05, 4.69) is 10.6 Å². The predicted molar refractivity (Wildman–Crippen MR) is 60.1 cm³/mol. The van der Waals surface area contributed by atoms with Gasteiger partial charge in [-0.1, -0.05) is 13.3 Å². The van der Waals surface area contributed by atoms with Crippen LogP contribution in [0.25, 0.3) is 0 Å². The normalized spacial score (nSPS) is 24.3. The van der Waals surface area contributed by atoms with Crippen molar-refractivity contribution < 1.29 is 14.7 Å². The highest BCUT2D eigenvalue weighted by molar-refractivity contribution is 5.80. The monoisotopic (exact) mass is 228 g/mol. The van der Waals surface area contributed by atoms with E-state index in [0.29, 0.717) is 6.42 Å². The van der Waals surface area contributed by atoms with Crippen LogP contribution < -0.4 is 10.6 Å². The van der Waals surface area contributed by atoms with Crippen molar-refractivity contribution in [1.29, 1.82) is 0 Å². The molecule has 1 amide bonds. The van der Waals surface area contributed by atoms with Gasteiger partial charge in [0, 0.05) is 6.04 Å². The van der Waals surface area contributed by atoms with Crippen LogP contribution >= 0.6 is 0 Å². The van der Waals surface area contributed by atoms with E-state index >= 15 is 0 Å². The number of aliphatic carboxylic acids is 1. The number of rotatable bonds is 6. The molecule has 1 aliphatic carbocycles. The van der Waals surface area contributed by atoms with E-state index in [1.807, 2.05) is 6.92 Å². The van der Waals surface area contributed by atoms with Gasteiger partial charge in [0.15, 0.2) is 0 Å². The fraction of sp³-hybridized carbons (Fsp3) is 0.818.